The molecule has 1 saturated carbocycles. The summed E-state index contributed by atoms with van der Waals surface area (Å²) >= 11 is 0. The lowest BCUT2D eigenvalue weighted by Gasteiger charge is -2.26. The van der Waals surface area contributed by atoms with Crippen molar-refractivity contribution in [3.63, 3.8) is 0 Å². The fourth-order valence-corrected chi connectivity index (χ4v) is 2.92. The summed E-state index contributed by atoms with van der Waals surface area (Å²) < 4.78 is 0. The Morgan fingerprint density at radius 3 is 2.50 bits per heavy atom. The van der Waals surface area contributed by atoms with Gasteiger partial charge >= 0.3 is 0 Å². The van der Waals surface area contributed by atoms with Gasteiger partial charge in [0.25, 0.3) is 0 Å². The second-order valence-electron chi connectivity index (χ2n) is 7.16. The minimum absolute atomic E-state index is 0.200. The molecule has 118 valence electrons. The molecule has 1 rings (SSSR count). The van der Waals surface area contributed by atoms with E-state index in [2.05, 4.69) is 17.4 Å². The van der Waals surface area contributed by atoms with Gasteiger partial charge in [0.1, 0.15) is 5.84 Å². The Labute approximate surface area is 124 Å². The molecule has 1 aliphatic rings. The number of rotatable bonds is 8. The van der Waals surface area contributed by atoms with Gasteiger partial charge in [-0.25, -0.2) is 0 Å². The van der Waals surface area contributed by atoms with Crippen molar-refractivity contribution in [3.05, 3.63) is 0 Å². The van der Waals surface area contributed by atoms with Gasteiger partial charge in [0.05, 0.1) is 0 Å². The van der Waals surface area contributed by atoms with Crippen LogP contribution in [-0.2, 0) is 0 Å². The van der Waals surface area contributed by atoms with Crippen LogP contribution in [0.1, 0.15) is 65.7 Å². The Bertz CT molecular complexity index is 294. The molecule has 4 N–H and O–H groups in total. The number of oxime groups is 1. The molecule has 0 aliphatic heterocycles. The van der Waals surface area contributed by atoms with Gasteiger partial charge in [-0.05, 0) is 50.6 Å². The molecule has 4 nitrogen and oxygen atoms in total. The van der Waals surface area contributed by atoms with Crippen LogP contribution >= 0.6 is 0 Å². The van der Waals surface area contributed by atoms with Crippen molar-refractivity contribution >= 4 is 5.84 Å². The van der Waals surface area contributed by atoms with Crippen molar-refractivity contribution in [2.45, 2.75) is 65.7 Å². The third-order valence-corrected chi connectivity index (χ3v) is 4.77. The van der Waals surface area contributed by atoms with E-state index in [1.54, 1.807) is 0 Å². The van der Waals surface area contributed by atoms with Crippen molar-refractivity contribution in [3.8, 4) is 0 Å². The van der Waals surface area contributed by atoms with Crippen molar-refractivity contribution < 1.29 is 5.21 Å². The number of nitrogens with zero attached hydrogens (tertiary/aromatic N) is 1. The summed E-state index contributed by atoms with van der Waals surface area (Å²) in [5, 5.41) is 15.4. The standard InChI is InChI=1S/C16H33N3O/c1-13-6-8-14(9-7-13)12-18-11-5-4-10-16(2,3)15(17)19-20/h13-14,18,20H,4-12H2,1-3H3,(H2,17,19). The van der Waals surface area contributed by atoms with E-state index >= 15 is 0 Å². The number of unbranched alkanes of at least 4 members (excludes halogenated alkanes) is 1. The van der Waals surface area contributed by atoms with E-state index in [0.29, 0.717) is 5.84 Å². The first-order valence-electron chi connectivity index (χ1n) is 8.14. The molecule has 0 atom stereocenters. The molecule has 1 aliphatic carbocycles. The fraction of sp³-hybridized carbons (Fsp3) is 0.938. The maximum absolute atomic E-state index is 8.72. The molecule has 0 unspecified atom stereocenters. The molecular weight excluding hydrogens is 250 g/mol. The minimum Gasteiger partial charge on any atom is -0.409 e. The van der Waals surface area contributed by atoms with Crippen LogP contribution < -0.4 is 11.1 Å². The highest BCUT2D eigenvalue weighted by Gasteiger charge is 2.22. The predicted molar refractivity (Wildman–Crippen MR) is 85.0 cm³/mol. The van der Waals surface area contributed by atoms with Crippen LogP contribution in [0.3, 0.4) is 0 Å². The second kappa shape index (κ2) is 8.50. The second-order valence-corrected chi connectivity index (χ2v) is 7.16. The molecule has 0 aromatic heterocycles. The Morgan fingerprint density at radius 2 is 1.90 bits per heavy atom. The van der Waals surface area contributed by atoms with Crippen LogP contribution in [0.5, 0.6) is 0 Å². The van der Waals surface area contributed by atoms with E-state index in [1.807, 2.05) is 13.8 Å². The van der Waals surface area contributed by atoms with Gasteiger partial charge in [-0.1, -0.05) is 45.2 Å². The van der Waals surface area contributed by atoms with E-state index in [0.717, 1.165) is 37.6 Å². The molecule has 20 heavy (non-hydrogen) atoms. The average Bonchev–Trinajstić information content (AvgIpc) is 2.43. The molecule has 0 aromatic carbocycles. The summed E-state index contributed by atoms with van der Waals surface area (Å²) in [5.74, 6) is 2.16. The maximum atomic E-state index is 8.72. The van der Waals surface area contributed by atoms with Crippen molar-refractivity contribution in [2.24, 2.45) is 28.1 Å². The maximum Gasteiger partial charge on any atom is 0.144 e. The first kappa shape index (κ1) is 17.3. The van der Waals surface area contributed by atoms with Gasteiger partial charge in [-0.2, -0.15) is 0 Å². The topological polar surface area (TPSA) is 70.6 Å². The SMILES string of the molecule is CC1CCC(CNCCCCC(C)(C)C(N)=NO)CC1. The Morgan fingerprint density at radius 1 is 1.25 bits per heavy atom. The molecule has 0 heterocycles. The number of hydrogen-bond acceptors (Lipinski definition) is 3. The molecule has 0 spiro atoms. The minimum atomic E-state index is -0.200. The van der Waals surface area contributed by atoms with Crippen LogP contribution in [0.2, 0.25) is 0 Å². The fourth-order valence-electron chi connectivity index (χ4n) is 2.92. The zero-order chi connectivity index (χ0) is 15.0. The van der Waals surface area contributed by atoms with E-state index in [9.17, 15) is 0 Å². The molecular formula is C16H33N3O. The van der Waals surface area contributed by atoms with Gasteiger partial charge in [-0.3, -0.25) is 0 Å². The smallest absolute Gasteiger partial charge is 0.144 e. The summed E-state index contributed by atoms with van der Waals surface area (Å²) in [4.78, 5) is 0. The van der Waals surface area contributed by atoms with Crippen LogP contribution in [0, 0.1) is 17.3 Å². The van der Waals surface area contributed by atoms with Crippen LogP contribution in [0.15, 0.2) is 5.16 Å². The molecule has 0 bridgehead atoms. The average molecular weight is 283 g/mol. The lowest BCUT2D eigenvalue weighted by Crippen LogP contribution is -2.32. The summed E-state index contributed by atoms with van der Waals surface area (Å²) in [6, 6.07) is 0. The van der Waals surface area contributed by atoms with Gasteiger partial charge in [0.2, 0.25) is 0 Å². The van der Waals surface area contributed by atoms with Crippen molar-refractivity contribution in [1.82, 2.24) is 5.32 Å². The predicted octanol–water partition coefficient (Wildman–Crippen LogP) is 3.35. The van der Waals surface area contributed by atoms with E-state index in [-0.39, 0.29) is 5.41 Å². The van der Waals surface area contributed by atoms with E-state index < -0.39 is 0 Å². The Kier molecular flexibility index (Phi) is 7.35. The van der Waals surface area contributed by atoms with Crippen molar-refractivity contribution in [1.29, 1.82) is 0 Å². The number of amidine groups is 1. The summed E-state index contributed by atoms with van der Waals surface area (Å²) in [7, 11) is 0. The first-order chi connectivity index (χ1) is 9.45. The Balaban J connectivity index is 2.02. The van der Waals surface area contributed by atoms with E-state index in [1.165, 1.54) is 32.2 Å². The van der Waals surface area contributed by atoms with Crippen LogP contribution in [0.4, 0.5) is 0 Å². The normalized spacial score (nSPS) is 24.9. The monoisotopic (exact) mass is 283 g/mol. The van der Waals surface area contributed by atoms with Gasteiger partial charge in [0, 0.05) is 5.41 Å². The Hall–Kier alpha value is -0.770. The number of nitrogens with two attached hydrogens (primary N) is 1. The summed E-state index contributed by atoms with van der Waals surface area (Å²) in [6.45, 7) is 8.68. The van der Waals surface area contributed by atoms with Gasteiger partial charge in [-0.15, -0.1) is 0 Å². The molecule has 4 heteroatoms. The molecule has 0 amide bonds. The third kappa shape index (κ3) is 6.12. The van der Waals surface area contributed by atoms with Crippen LogP contribution in [0.25, 0.3) is 0 Å². The molecule has 1 fully saturated rings. The zero-order valence-electron chi connectivity index (χ0n) is 13.5. The third-order valence-electron chi connectivity index (χ3n) is 4.77. The zero-order valence-corrected chi connectivity index (χ0v) is 13.5. The quantitative estimate of drug-likeness (QED) is 0.210. The lowest BCUT2D eigenvalue weighted by atomic mass is 9.83. The molecule has 0 aromatic rings. The highest BCUT2D eigenvalue weighted by Crippen LogP contribution is 2.27. The van der Waals surface area contributed by atoms with Crippen molar-refractivity contribution in [2.75, 3.05) is 13.1 Å². The highest BCUT2D eigenvalue weighted by atomic mass is 16.4. The van der Waals surface area contributed by atoms with Gasteiger partial charge in [0.15, 0.2) is 0 Å². The molecule has 0 saturated heterocycles. The first-order valence-corrected chi connectivity index (χ1v) is 8.14. The summed E-state index contributed by atoms with van der Waals surface area (Å²) in [5.41, 5.74) is 5.48. The largest absolute Gasteiger partial charge is 0.409 e. The number of hydrogen-bond donors (Lipinski definition) is 3. The number of nitrogens with one attached hydrogen (secondary N) is 1. The van der Waals surface area contributed by atoms with Crippen LogP contribution in [-0.4, -0.2) is 24.1 Å². The lowest BCUT2D eigenvalue weighted by molar-refractivity contribution is 0.281. The summed E-state index contributed by atoms with van der Waals surface area (Å²) in [6.07, 6.45) is 8.82. The van der Waals surface area contributed by atoms with Gasteiger partial charge < -0.3 is 16.3 Å². The molecule has 0 radical (unpaired) electrons. The van der Waals surface area contributed by atoms with E-state index in [4.69, 9.17) is 10.9 Å². The highest BCUT2D eigenvalue weighted by molar-refractivity contribution is 5.85.